The third-order valence-electron chi connectivity index (χ3n) is 2.70. The molecule has 0 aromatic carbocycles. The molecule has 0 aliphatic rings. The molecule has 0 unspecified atom stereocenters. The van der Waals surface area contributed by atoms with E-state index in [1.807, 2.05) is 12.4 Å². The summed E-state index contributed by atoms with van der Waals surface area (Å²) in [4.78, 5) is 11.3. The molecule has 0 aliphatic heterocycles. The van der Waals surface area contributed by atoms with Gasteiger partial charge in [0.25, 0.3) is 0 Å². The quantitative estimate of drug-likeness (QED) is 0.783. The van der Waals surface area contributed by atoms with Crippen LogP contribution < -0.4 is 5.32 Å². The molecule has 4 heteroatoms. The van der Waals surface area contributed by atoms with E-state index in [1.54, 1.807) is 0 Å². The molecule has 0 fully saturated rings. The molecule has 0 spiro atoms. The first-order valence-corrected chi connectivity index (χ1v) is 7.28. The molecule has 19 heavy (non-hydrogen) atoms. The van der Waals surface area contributed by atoms with E-state index < -0.39 is 0 Å². The molecule has 1 aromatic rings. The number of anilines is 1. The molecule has 0 amide bonds. The van der Waals surface area contributed by atoms with Crippen molar-refractivity contribution >= 4 is 5.82 Å². The first-order chi connectivity index (χ1) is 9.01. The summed E-state index contributed by atoms with van der Waals surface area (Å²) >= 11 is 0. The van der Waals surface area contributed by atoms with Crippen molar-refractivity contribution in [2.45, 2.75) is 41.2 Å². The van der Waals surface area contributed by atoms with Gasteiger partial charge >= 0.3 is 0 Å². The van der Waals surface area contributed by atoms with Gasteiger partial charge in [-0.05, 0) is 18.8 Å². The normalized spacial score (nSPS) is 11.6. The van der Waals surface area contributed by atoms with E-state index in [4.69, 9.17) is 0 Å². The zero-order valence-electron chi connectivity index (χ0n) is 13.0. The number of hydrogen-bond donors (Lipinski definition) is 1. The van der Waals surface area contributed by atoms with Crippen molar-refractivity contribution in [2.24, 2.45) is 11.8 Å². The highest BCUT2D eigenvalue weighted by Gasteiger charge is 2.11. The minimum atomic E-state index is 0.674. The fourth-order valence-electron chi connectivity index (χ4n) is 2.17. The smallest absolute Gasteiger partial charge is 0.144 e. The molecule has 0 radical (unpaired) electrons. The van der Waals surface area contributed by atoms with Crippen LogP contribution in [0.25, 0.3) is 0 Å². The molecule has 1 aromatic heterocycles. The molecule has 1 heterocycles. The summed E-state index contributed by atoms with van der Waals surface area (Å²) in [5.41, 5.74) is 1.04. The highest BCUT2D eigenvalue weighted by Crippen LogP contribution is 2.09. The number of rotatable bonds is 8. The second-order valence-electron chi connectivity index (χ2n) is 5.91. The fraction of sp³-hybridized carbons (Fsp3) is 0.733. The van der Waals surface area contributed by atoms with Crippen molar-refractivity contribution in [3.05, 3.63) is 18.1 Å². The van der Waals surface area contributed by atoms with Gasteiger partial charge in [-0.1, -0.05) is 27.7 Å². The van der Waals surface area contributed by atoms with E-state index in [2.05, 4.69) is 54.8 Å². The van der Waals surface area contributed by atoms with Crippen molar-refractivity contribution in [2.75, 3.05) is 25.0 Å². The Hall–Kier alpha value is -1.16. The molecule has 0 saturated heterocycles. The predicted molar refractivity (Wildman–Crippen MR) is 81.1 cm³/mol. The highest BCUT2D eigenvalue weighted by molar-refractivity contribution is 5.30. The first-order valence-electron chi connectivity index (χ1n) is 7.28. The molecule has 1 rings (SSSR count). The average molecular weight is 264 g/mol. The van der Waals surface area contributed by atoms with Crippen LogP contribution in [-0.2, 0) is 6.54 Å². The largest absolute Gasteiger partial charge is 0.369 e. The number of nitrogens with one attached hydrogen (secondary N) is 1. The minimum absolute atomic E-state index is 0.674. The summed E-state index contributed by atoms with van der Waals surface area (Å²) in [5, 5.41) is 3.17. The molecular formula is C15H28N4. The van der Waals surface area contributed by atoms with E-state index in [-0.39, 0.29) is 0 Å². The van der Waals surface area contributed by atoms with Gasteiger partial charge in [-0.3, -0.25) is 9.88 Å². The molecular weight excluding hydrogens is 236 g/mol. The third-order valence-corrected chi connectivity index (χ3v) is 2.70. The Balaban J connectivity index is 2.61. The van der Waals surface area contributed by atoms with E-state index in [0.717, 1.165) is 37.7 Å². The van der Waals surface area contributed by atoms with Crippen LogP contribution in [0.3, 0.4) is 0 Å². The average Bonchev–Trinajstić information content (AvgIpc) is 2.30. The first kappa shape index (κ1) is 15.9. The van der Waals surface area contributed by atoms with Crippen LogP contribution in [0, 0.1) is 11.8 Å². The van der Waals surface area contributed by atoms with E-state index in [0.29, 0.717) is 11.8 Å². The Morgan fingerprint density at radius 1 is 1.05 bits per heavy atom. The van der Waals surface area contributed by atoms with Crippen LogP contribution in [0.5, 0.6) is 0 Å². The van der Waals surface area contributed by atoms with E-state index >= 15 is 0 Å². The van der Waals surface area contributed by atoms with Crippen LogP contribution in [0.15, 0.2) is 12.4 Å². The van der Waals surface area contributed by atoms with Gasteiger partial charge in [0.05, 0.1) is 18.1 Å². The lowest BCUT2D eigenvalue weighted by atomic mass is 10.1. The summed E-state index contributed by atoms with van der Waals surface area (Å²) < 4.78 is 0. The summed E-state index contributed by atoms with van der Waals surface area (Å²) in [7, 11) is 0. The molecule has 0 aliphatic carbocycles. The van der Waals surface area contributed by atoms with Gasteiger partial charge in [-0.25, -0.2) is 4.98 Å². The Morgan fingerprint density at radius 2 is 1.68 bits per heavy atom. The Kier molecular flexibility index (Phi) is 6.78. The lowest BCUT2D eigenvalue weighted by Gasteiger charge is -2.25. The van der Waals surface area contributed by atoms with Crippen molar-refractivity contribution in [1.82, 2.24) is 14.9 Å². The van der Waals surface area contributed by atoms with E-state index in [9.17, 15) is 0 Å². The van der Waals surface area contributed by atoms with Crippen molar-refractivity contribution in [3.8, 4) is 0 Å². The minimum Gasteiger partial charge on any atom is -0.369 e. The highest BCUT2D eigenvalue weighted by atomic mass is 15.1. The standard InChI is InChI=1S/C15H28N4/c1-6-16-15-8-17-14(7-18-15)11-19(9-12(2)3)10-13(4)5/h7-8,12-13H,6,9-11H2,1-5H3,(H,16,18). The molecule has 0 bridgehead atoms. The van der Waals surface area contributed by atoms with Crippen molar-refractivity contribution in [1.29, 1.82) is 0 Å². The maximum Gasteiger partial charge on any atom is 0.144 e. The number of hydrogen-bond acceptors (Lipinski definition) is 4. The van der Waals surface area contributed by atoms with Crippen LogP contribution in [0.2, 0.25) is 0 Å². The van der Waals surface area contributed by atoms with Gasteiger partial charge in [0, 0.05) is 26.2 Å². The SMILES string of the molecule is CCNc1cnc(CN(CC(C)C)CC(C)C)cn1. The van der Waals surface area contributed by atoms with Gasteiger partial charge in [-0.15, -0.1) is 0 Å². The van der Waals surface area contributed by atoms with Gasteiger partial charge < -0.3 is 5.32 Å². The lowest BCUT2D eigenvalue weighted by Crippen LogP contribution is -2.31. The fourth-order valence-corrected chi connectivity index (χ4v) is 2.17. The van der Waals surface area contributed by atoms with Crippen LogP contribution in [0.1, 0.15) is 40.3 Å². The maximum absolute atomic E-state index is 4.49. The Morgan fingerprint density at radius 3 is 2.11 bits per heavy atom. The zero-order chi connectivity index (χ0) is 14.3. The summed E-state index contributed by atoms with van der Waals surface area (Å²) in [5.74, 6) is 2.20. The van der Waals surface area contributed by atoms with Gasteiger partial charge in [0.1, 0.15) is 5.82 Å². The second-order valence-corrected chi connectivity index (χ2v) is 5.91. The van der Waals surface area contributed by atoms with Crippen LogP contribution >= 0.6 is 0 Å². The summed E-state index contributed by atoms with van der Waals surface area (Å²) in [6, 6.07) is 0. The molecule has 0 saturated carbocycles. The molecule has 0 atom stereocenters. The third kappa shape index (κ3) is 6.53. The lowest BCUT2D eigenvalue weighted by molar-refractivity contribution is 0.209. The van der Waals surface area contributed by atoms with Gasteiger partial charge in [-0.2, -0.15) is 0 Å². The maximum atomic E-state index is 4.49. The van der Waals surface area contributed by atoms with Crippen LogP contribution in [-0.4, -0.2) is 34.5 Å². The predicted octanol–water partition coefficient (Wildman–Crippen LogP) is 3.02. The van der Waals surface area contributed by atoms with Crippen molar-refractivity contribution in [3.63, 3.8) is 0 Å². The number of nitrogens with zero attached hydrogens (tertiary/aromatic N) is 3. The molecule has 108 valence electrons. The number of aromatic nitrogens is 2. The van der Waals surface area contributed by atoms with Gasteiger partial charge in [0.2, 0.25) is 0 Å². The molecule has 4 nitrogen and oxygen atoms in total. The summed E-state index contributed by atoms with van der Waals surface area (Å²) in [6.45, 7) is 15.1. The summed E-state index contributed by atoms with van der Waals surface area (Å²) in [6.07, 6.45) is 3.70. The van der Waals surface area contributed by atoms with Crippen molar-refractivity contribution < 1.29 is 0 Å². The zero-order valence-corrected chi connectivity index (χ0v) is 13.0. The van der Waals surface area contributed by atoms with Gasteiger partial charge in [0.15, 0.2) is 0 Å². The van der Waals surface area contributed by atoms with Crippen LogP contribution in [0.4, 0.5) is 5.82 Å². The topological polar surface area (TPSA) is 41.1 Å². The Labute approximate surface area is 117 Å². The Bertz CT molecular complexity index is 336. The second kappa shape index (κ2) is 8.10. The molecule has 1 N–H and O–H groups in total. The van der Waals surface area contributed by atoms with E-state index in [1.165, 1.54) is 0 Å². The monoisotopic (exact) mass is 264 g/mol.